The number of amides is 1. The van der Waals surface area contributed by atoms with Crippen molar-refractivity contribution in [2.24, 2.45) is 0 Å². The average Bonchev–Trinajstić information content (AvgIpc) is 2.47. The lowest BCUT2D eigenvalue weighted by atomic mass is 10.1. The van der Waals surface area contributed by atoms with E-state index in [9.17, 15) is 4.79 Å². The zero-order chi connectivity index (χ0) is 14.4. The van der Waals surface area contributed by atoms with Crippen LogP contribution >= 0.6 is 0 Å². The maximum Gasteiger partial charge on any atom is 0.239 e. The lowest BCUT2D eigenvalue weighted by Crippen LogP contribution is -2.38. The predicted octanol–water partition coefficient (Wildman–Crippen LogP) is -0.679. The summed E-state index contributed by atoms with van der Waals surface area (Å²) in [5.41, 5.74) is 2.16. The molecule has 2 rings (SSSR count). The Morgan fingerprint density at radius 2 is 2.40 bits per heavy atom. The number of hydrogen-bond acceptors (Lipinski definition) is 6. The summed E-state index contributed by atoms with van der Waals surface area (Å²) in [5, 5.41) is 6.11. The van der Waals surface area contributed by atoms with Gasteiger partial charge < -0.3 is 20.3 Å². The quantitative estimate of drug-likeness (QED) is 0.672. The molecule has 1 aliphatic heterocycles. The van der Waals surface area contributed by atoms with E-state index >= 15 is 0 Å². The number of ether oxygens (including phenoxy) is 1. The first-order valence-electron chi connectivity index (χ1n) is 6.72. The summed E-state index contributed by atoms with van der Waals surface area (Å²) in [6, 6.07) is 0. The molecule has 7 heteroatoms. The van der Waals surface area contributed by atoms with Gasteiger partial charge in [0.1, 0.15) is 12.1 Å². The molecule has 0 aliphatic carbocycles. The number of carbonyl (C=O) groups is 1. The maximum atomic E-state index is 11.8. The molecule has 0 spiro atoms. The van der Waals surface area contributed by atoms with E-state index in [2.05, 4.69) is 20.6 Å². The first-order chi connectivity index (χ1) is 9.72. The molecule has 0 radical (unpaired) electrons. The smallest absolute Gasteiger partial charge is 0.239 e. The van der Waals surface area contributed by atoms with Crippen molar-refractivity contribution in [2.75, 3.05) is 45.3 Å². The van der Waals surface area contributed by atoms with Crippen LogP contribution in [-0.4, -0.2) is 56.3 Å². The molecule has 0 saturated heterocycles. The van der Waals surface area contributed by atoms with Crippen molar-refractivity contribution < 1.29 is 9.53 Å². The zero-order valence-corrected chi connectivity index (χ0v) is 12.0. The van der Waals surface area contributed by atoms with Gasteiger partial charge in [0.2, 0.25) is 5.91 Å². The topological polar surface area (TPSA) is 79.4 Å². The predicted molar refractivity (Wildman–Crippen MR) is 75.6 cm³/mol. The van der Waals surface area contributed by atoms with E-state index in [1.54, 1.807) is 13.4 Å². The van der Waals surface area contributed by atoms with Gasteiger partial charge >= 0.3 is 0 Å². The minimum absolute atomic E-state index is 0.0410. The highest BCUT2D eigenvalue weighted by Gasteiger charge is 2.18. The lowest BCUT2D eigenvalue weighted by Gasteiger charge is -2.24. The molecule has 1 aromatic heterocycles. The van der Waals surface area contributed by atoms with Crippen LogP contribution in [-0.2, 0) is 22.5 Å². The molecule has 7 nitrogen and oxygen atoms in total. The van der Waals surface area contributed by atoms with Crippen LogP contribution in [0.15, 0.2) is 6.33 Å². The van der Waals surface area contributed by atoms with Gasteiger partial charge in [0.15, 0.2) is 0 Å². The van der Waals surface area contributed by atoms with E-state index in [0.717, 1.165) is 36.6 Å². The molecular formula is C13H21N5O2. The molecule has 110 valence electrons. The van der Waals surface area contributed by atoms with Gasteiger partial charge in [-0.2, -0.15) is 0 Å². The highest BCUT2D eigenvalue weighted by molar-refractivity contribution is 5.81. The number of methoxy groups -OCH3 is 1. The van der Waals surface area contributed by atoms with Crippen LogP contribution < -0.4 is 15.5 Å². The van der Waals surface area contributed by atoms with Crippen molar-refractivity contribution in [1.82, 2.24) is 20.6 Å². The number of anilines is 1. The molecule has 2 N–H and O–H groups in total. The molecule has 0 aromatic carbocycles. The van der Waals surface area contributed by atoms with Gasteiger partial charge in [0, 0.05) is 45.8 Å². The van der Waals surface area contributed by atoms with Gasteiger partial charge in [0.05, 0.1) is 18.8 Å². The number of nitrogens with zero attached hydrogens (tertiary/aromatic N) is 3. The number of carbonyl (C=O) groups excluding carboxylic acids is 1. The van der Waals surface area contributed by atoms with Crippen molar-refractivity contribution in [2.45, 2.75) is 13.0 Å². The average molecular weight is 279 g/mol. The maximum absolute atomic E-state index is 11.8. The highest BCUT2D eigenvalue weighted by atomic mass is 16.5. The van der Waals surface area contributed by atoms with Gasteiger partial charge in [0.25, 0.3) is 0 Å². The number of hydrogen-bond donors (Lipinski definition) is 2. The SMILES string of the molecule is COCCNC(=O)CN(C)c1ncnc2c1CNCC2. The molecule has 1 aromatic rings. The minimum atomic E-state index is -0.0410. The standard InChI is InChI=1S/C13H21N5O2/c1-18(8-12(19)15-5-6-20-2)13-10-7-14-4-3-11(10)16-9-17-13/h9,14H,3-8H2,1-2H3,(H,15,19). The summed E-state index contributed by atoms with van der Waals surface area (Å²) >= 11 is 0. The van der Waals surface area contributed by atoms with Crippen LogP contribution in [0.2, 0.25) is 0 Å². The summed E-state index contributed by atoms with van der Waals surface area (Å²) in [5.74, 6) is 0.782. The van der Waals surface area contributed by atoms with Crippen LogP contribution in [0.1, 0.15) is 11.3 Å². The van der Waals surface area contributed by atoms with E-state index in [4.69, 9.17) is 4.74 Å². The Morgan fingerprint density at radius 3 is 3.20 bits per heavy atom. The van der Waals surface area contributed by atoms with Crippen LogP contribution in [0.25, 0.3) is 0 Å². The molecule has 0 saturated carbocycles. The largest absolute Gasteiger partial charge is 0.383 e. The van der Waals surface area contributed by atoms with E-state index in [1.807, 2.05) is 11.9 Å². The fourth-order valence-electron chi connectivity index (χ4n) is 2.22. The lowest BCUT2D eigenvalue weighted by molar-refractivity contribution is -0.119. The number of rotatable bonds is 6. The zero-order valence-electron chi connectivity index (χ0n) is 12.0. The summed E-state index contributed by atoms with van der Waals surface area (Å²) in [6.07, 6.45) is 2.47. The third kappa shape index (κ3) is 3.64. The molecule has 0 bridgehead atoms. The van der Waals surface area contributed by atoms with Crippen molar-refractivity contribution in [3.8, 4) is 0 Å². The molecule has 1 aliphatic rings. The second kappa shape index (κ2) is 7.16. The van der Waals surface area contributed by atoms with Crippen molar-refractivity contribution in [3.05, 3.63) is 17.6 Å². The number of nitrogens with one attached hydrogen (secondary N) is 2. The summed E-state index contributed by atoms with van der Waals surface area (Å²) < 4.78 is 4.90. The Kier molecular flexibility index (Phi) is 5.25. The molecule has 0 unspecified atom stereocenters. The molecular weight excluding hydrogens is 258 g/mol. The monoisotopic (exact) mass is 279 g/mol. The van der Waals surface area contributed by atoms with E-state index in [1.165, 1.54) is 0 Å². The van der Waals surface area contributed by atoms with Crippen LogP contribution in [0, 0.1) is 0 Å². The molecule has 0 atom stereocenters. The van der Waals surface area contributed by atoms with Crippen LogP contribution in [0.5, 0.6) is 0 Å². The third-order valence-electron chi connectivity index (χ3n) is 3.22. The molecule has 0 fully saturated rings. The number of aromatic nitrogens is 2. The first kappa shape index (κ1) is 14.7. The van der Waals surface area contributed by atoms with Crippen LogP contribution in [0.4, 0.5) is 5.82 Å². The Morgan fingerprint density at radius 1 is 1.55 bits per heavy atom. The Labute approximate surface area is 118 Å². The van der Waals surface area contributed by atoms with Gasteiger partial charge in [-0.25, -0.2) is 9.97 Å². The van der Waals surface area contributed by atoms with Crippen molar-refractivity contribution >= 4 is 11.7 Å². The van der Waals surface area contributed by atoms with Crippen LogP contribution in [0.3, 0.4) is 0 Å². The van der Waals surface area contributed by atoms with Gasteiger partial charge in [-0.1, -0.05) is 0 Å². The fraction of sp³-hybridized carbons (Fsp3) is 0.615. The third-order valence-corrected chi connectivity index (χ3v) is 3.22. The van der Waals surface area contributed by atoms with E-state index in [0.29, 0.717) is 13.2 Å². The number of fused-ring (bicyclic) bond motifs is 1. The highest BCUT2D eigenvalue weighted by Crippen LogP contribution is 2.20. The molecule has 1 amide bonds. The summed E-state index contributed by atoms with van der Waals surface area (Å²) in [7, 11) is 3.48. The molecule has 20 heavy (non-hydrogen) atoms. The van der Waals surface area contributed by atoms with Gasteiger partial charge in [-0.3, -0.25) is 4.79 Å². The van der Waals surface area contributed by atoms with Crippen molar-refractivity contribution in [3.63, 3.8) is 0 Å². The van der Waals surface area contributed by atoms with Gasteiger partial charge in [-0.05, 0) is 0 Å². The number of likely N-dealkylation sites (N-methyl/N-ethyl adjacent to an activating group) is 1. The summed E-state index contributed by atoms with van der Waals surface area (Å²) in [6.45, 7) is 2.99. The first-order valence-corrected chi connectivity index (χ1v) is 6.72. The Bertz CT molecular complexity index is 466. The minimum Gasteiger partial charge on any atom is -0.383 e. The second-order valence-corrected chi connectivity index (χ2v) is 4.75. The second-order valence-electron chi connectivity index (χ2n) is 4.75. The molecule has 2 heterocycles. The van der Waals surface area contributed by atoms with Crippen molar-refractivity contribution in [1.29, 1.82) is 0 Å². The summed E-state index contributed by atoms with van der Waals surface area (Å²) in [4.78, 5) is 22.3. The van der Waals surface area contributed by atoms with Gasteiger partial charge in [-0.15, -0.1) is 0 Å². The Hall–Kier alpha value is -1.73. The fourth-order valence-corrected chi connectivity index (χ4v) is 2.22. The Balaban J connectivity index is 1.98. The van der Waals surface area contributed by atoms with E-state index < -0.39 is 0 Å². The normalized spacial score (nSPS) is 13.7. The van der Waals surface area contributed by atoms with E-state index in [-0.39, 0.29) is 12.5 Å².